The van der Waals surface area contributed by atoms with Gasteiger partial charge in [-0.15, -0.1) is 0 Å². The summed E-state index contributed by atoms with van der Waals surface area (Å²) < 4.78 is 7.14. The van der Waals surface area contributed by atoms with Gasteiger partial charge in [0.1, 0.15) is 5.82 Å². The van der Waals surface area contributed by atoms with Crippen LogP contribution in [-0.4, -0.2) is 43.7 Å². The van der Waals surface area contributed by atoms with Gasteiger partial charge in [-0.1, -0.05) is 17.3 Å². The maximum atomic E-state index is 12.2. The van der Waals surface area contributed by atoms with Crippen LogP contribution in [0.1, 0.15) is 23.5 Å². The minimum atomic E-state index is -0.102. The number of urea groups is 1. The second kappa shape index (κ2) is 5.63. The van der Waals surface area contributed by atoms with E-state index in [0.717, 1.165) is 16.9 Å². The lowest BCUT2D eigenvalue weighted by molar-refractivity contribution is 0.136. The Balaban J connectivity index is 1.35. The summed E-state index contributed by atoms with van der Waals surface area (Å²) in [5, 5.41) is 6.70. The lowest BCUT2D eigenvalue weighted by Gasteiger charge is -2.36. The number of nitrogens with one attached hydrogen (secondary N) is 1. The van der Waals surface area contributed by atoms with Crippen LogP contribution < -0.4 is 5.32 Å². The third-order valence-electron chi connectivity index (χ3n) is 4.34. The van der Waals surface area contributed by atoms with Crippen molar-refractivity contribution in [3.63, 3.8) is 0 Å². The van der Waals surface area contributed by atoms with Gasteiger partial charge < -0.3 is 19.3 Å². The van der Waals surface area contributed by atoms with Crippen LogP contribution in [-0.2, 0) is 13.6 Å². The van der Waals surface area contributed by atoms with Crippen molar-refractivity contribution in [1.29, 1.82) is 0 Å². The van der Waals surface area contributed by atoms with Crippen LogP contribution in [0.3, 0.4) is 0 Å². The quantitative estimate of drug-likeness (QED) is 0.789. The summed E-state index contributed by atoms with van der Waals surface area (Å²) in [6.45, 7) is 3.36. The monoisotopic (exact) mass is 326 g/mol. The van der Waals surface area contributed by atoms with Crippen LogP contribution in [0.25, 0.3) is 11.0 Å². The minimum Gasteiger partial charge on any atom is -0.339 e. The highest BCUT2D eigenvalue weighted by Gasteiger charge is 2.35. The first-order valence-electron chi connectivity index (χ1n) is 7.85. The number of likely N-dealkylation sites (tertiary alicyclic amines) is 1. The van der Waals surface area contributed by atoms with E-state index < -0.39 is 0 Å². The van der Waals surface area contributed by atoms with E-state index >= 15 is 0 Å². The lowest BCUT2D eigenvalue weighted by atomic mass is 10.0. The van der Waals surface area contributed by atoms with E-state index in [1.54, 1.807) is 11.8 Å². The number of rotatable bonds is 3. The Morgan fingerprint density at radius 2 is 2.12 bits per heavy atom. The van der Waals surface area contributed by atoms with Gasteiger partial charge in [-0.25, -0.2) is 9.78 Å². The molecule has 1 aliphatic heterocycles. The van der Waals surface area contributed by atoms with Crippen molar-refractivity contribution in [2.75, 3.05) is 13.1 Å². The highest BCUT2D eigenvalue weighted by atomic mass is 16.5. The summed E-state index contributed by atoms with van der Waals surface area (Å²) >= 11 is 0. The molecule has 8 nitrogen and oxygen atoms in total. The number of hydrogen-bond donors (Lipinski definition) is 1. The van der Waals surface area contributed by atoms with Gasteiger partial charge in [-0.05, 0) is 19.1 Å². The fourth-order valence-corrected chi connectivity index (χ4v) is 2.90. The second-order valence-corrected chi connectivity index (χ2v) is 6.02. The summed E-state index contributed by atoms with van der Waals surface area (Å²) in [7, 11) is 1.95. The molecule has 1 saturated heterocycles. The zero-order valence-corrected chi connectivity index (χ0v) is 13.6. The molecule has 8 heteroatoms. The number of imidazole rings is 1. The average Bonchev–Trinajstić information content (AvgIpc) is 3.08. The molecular formula is C16H18N6O2. The molecule has 1 aliphatic rings. The van der Waals surface area contributed by atoms with Crippen LogP contribution in [0, 0.1) is 6.92 Å². The van der Waals surface area contributed by atoms with E-state index in [4.69, 9.17) is 4.52 Å². The minimum absolute atomic E-state index is 0.102. The number of carbonyl (C=O) groups is 1. The van der Waals surface area contributed by atoms with Crippen LogP contribution in [0.5, 0.6) is 0 Å². The Kier molecular flexibility index (Phi) is 3.44. The standard InChI is InChI=1S/C16H18N6O2/c1-10-18-15(24-20-10)11-8-22(9-11)16(23)17-7-14-19-12-5-3-4-6-13(12)21(14)2/h3-6,11H,7-9H2,1-2H3,(H,17,23). The number of aryl methyl sites for hydroxylation is 2. The first kappa shape index (κ1) is 14.7. The molecule has 2 amide bonds. The number of carbonyl (C=O) groups excluding carboxylic acids is 1. The van der Waals surface area contributed by atoms with Gasteiger partial charge in [0.2, 0.25) is 5.89 Å². The predicted molar refractivity (Wildman–Crippen MR) is 86.3 cm³/mol. The van der Waals surface area contributed by atoms with Gasteiger partial charge in [-0.3, -0.25) is 0 Å². The van der Waals surface area contributed by atoms with E-state index in [2.05, 4.69) is 20.4 Å². The predicted octanol–water partition coefficient (Wildman–Crippen LogP) is 1.57. The SMILES string of the molecule is Cc1noc(C2CN(C(=O)NCc3nc4ccccc4n3C)C2)n1. The van der Waals surface area contributed by atoms with Crippen molar-refractivity contribution in [3.8, 4) is 0 Å². The molecule has 124 valence electrons. The third kappa shape index (κ3) is 2.49. The number of fused-ring (bicyclic) bond motifs is 1. The number of amides is 2. The number of aromatic nitrogens is 4. The lowest BCUT2D eigenvalue weighted by Crippen LogP contribution is -2.52. The number of para-hydroxylation sites is 2. The molecule has 2 aromatic heterocycles. The molecule has 4 rings (SSSR count). The molecule has 3 aromatic rings. The Morgan fingerprint density at radius 1 is 1.33 bits per heavy atom. The second-order valence-electron chi connectivity index (χ2n) is 6.02. The van der Waals surface area contributed by atoms with Crippen LogP contribution in [0.15, 0.2) is 28.8 Å². The molecule has 0 saturated carbocycles. The van der Waals surface area contributed by atoms with Gasteiger partial charge in [0.05, 0.1) is 23.5 Å². The molecular weight excluding hydrogens is 308 g/mol. The molecule has 0 spiro atoms. The van der Waals surface area contributed by atoms with E-state index in [1.165, 1.54) is 0 Å². The van der Waals surface area contributed by atoms with Gasteiger partial charge in [0.15, 0.2) is 5.82 Å². The van der Waals surface area contributed by atoms with Crippen molar-refractivity contribution in [2.24, 2.45) is 7.05 Å². The topological polar surface area (TPSA) is 89.1 Å². The van der Waals surface area contributed by atoms with Crippen molar-refractivity contribution in [1.82, 2.24) is 29.9 Å². The Morgan fingerprint density at radius 3 is 2.83 bits per heavy atom. The highest BCUT2D eigenvalue weighted by Crippen LogP contribution is 2.25. The van der Waals surface area contributed by atoms with Crippen molar-refractivity contribution < 1.29 is 9.32 Å². The summed E-state index contributed by atoms with van der Waals surface area (Å²) in [6, 6.07) is 7.81. The number of nitrogens with zero attached hydrogens (tertiary/aromatic N) is 5. The average molecular weight is 326 g/mol. The van der Waals surface area contributed by atoms with Gasteiger partial charge >= 0.3 is 6.03 Å². The highest BCUT2D eigenvalue weighted by molar-refractivity contribution is 5.77. The van der Waals surface area contributed by atoms with Gasteiger partial charge in [-0.2, -0.15) is 4.98 Å². The van der Waals surface area contributed by atoms with E-state index in [1.807, 2.05) is 35.9 Å². The summed E-state index contributed by atoms with van der Waals surface area (Å²) in [6.07, 6.45) is 0. The zero-order chi connectivity index (χ0) is 16.7. The molecule has 0 atom stereocenters. The summed E-state index contributed by atoms with van der Waals surface area (Å²) in [4.78, 5) is 22.7. The maximum absolute atomic E-state index is 12.2. The molecule has 0 aliphatic carbocycles. The zero-order valence-electron chi connectivity index (χ0n) is 13.6. The fraction of sp³-hybridized carbons (Fsp3) is 0.375. The van der Waals surface area contributed by atoms with Gasteiger partial charge in [0.25, 0.3) is 0 Å². The molecule has 24 heavy (non-hydrogen) atoms. The number of benzene rings is 1. The molecule has 0 radical (unpaired) electrons. The normalized spacial score (nSPS) is 14.8. The fourth-order valence-electron chi connectivity index (χ4n) is 2.90. The third-order valence-corrected chi connectivity index (χ3v) is 4.34. The van der Waals surface area contributed by atoms with Crippen LogP contribution in [0.4, 0.5) is 4.79 Å². The van der Waals surface area contributed by atoms with E-state index in [0.29, 0.717) is 31.3 Å². The van der Waals surface area contributed by atoms with E-state index in [9.17, 15) is 4.79 Å². The van der Waals surface area contributed by atoms with Crippen molar-refractivity contribution in [3.05, 3.63) is 41.8 Å². The molecule has 0 bridgehead atoms. The Hall–Kier alpha value is -2.90. The Labute approximate surface area is 138 Å². The Bertz CT molecular complexity index is 893. The van der Waals surface area contributed by atoms with Crippen LogP contribution >= 0.6 is 0 Å². The molecule has 1 fully saturated rings. The van der Waals surface area contributed by atoms with Gasteiger partial charge in [0, 0.05) is 20.1 Å². The summed E-state index contributed by atoms with van der Waals surface area (Å²) in [5.74, 6) is 2.18. The van der Waals surface area contributed by atoms with E-state index in [-0.39, 0.29) is 11.9 Å². The number of hydrogen-bond acceptors (Lipinski definition) is 5. The maximum Gasteiger partial charge on any atom is 0.317 e. The van der Waals surface area contributed by atoms with Crippen molar-refractivity contribution in [2.45, 2.75) is 19.4 Å². The van der Waals surface area contributed by atoms with Crippen LogP contribution in [0.2, 0.25) is 0 Å². The molecule has 3 heterocycles. The molecule has 1 N–H and O–H groups in total. The molecule has 1 aromatic carbocycles. The first-order valence-corrected chi connectivity index (χ1v) is 7.85. The molecule has 0 unspecified atom stereocenters. The largest absolute Gasteiger partial charge is 0.339 e. The summed E-state index contributed by atoms with van der Waals surface area (Å²) in [5.41, 5.74) is 1.98. The first-order chi connectivity index (χ1) is 11.6. The smallest absolute Gasteiger partial charge is 0.317 e. The van der Waals surface area contributed by atoms with Crippen molar-refractivity contribution >= 4 is 17.1 Å².